The topological polar surface area (TPSA) is 23.1 Å². The first-order valence-corrected chi connectivity index (χ1v) is 4.85. The first-order valence-electron chi connectivity index (χ1n) is 4.85. The van der Waals surface area contributed by atoms with Gasteiger partial charge in [-0.1, -0.05) is 52.4 Å². The van der Waals surface area contributed by atoms with Gasteiger partial charge in [0.05, 0.1) is 0 Å². The third kappa shape index (κ3) is 13.5. The fourth-order valence-electron chi connectivity index (χ4n) is 1.18. The third-order valence-corrected chi connectivity index (χ3v) is 1.93. The molecule has 0 saturated heterocycles. The Bertz CT molecular complexity index is 74.2. The Morgan fingerprint density at radius 1 is 0.917 bits per heavy atom. The van der Waals surface area contributed by atoms with E-state index in [0.717, 1.165) is 18.8 Å². The minimum atomic E-state index is 0. The van der Waals surface area contributed by atoms with E-state index in [-0.39, 0.29) is 36.2 Å². The number of rotatable bonds is 7. The molecule has 0 aliphatic heterocycles. The van der Waals surface area contributed by atoms with Crippen molar-refractivity contribution in [1.29, 1.82) is 0 Å². The van der Waals surface area contributed by atoms with Gasteiger partial charge in [-0.2, -0.15) is 0 Å². The largest absolute Gasteiger partial charge is 1.00 e. The van der Waals surface area contributed by atoms with E-state index in [9.17, 15) is 5.11 Å². The summed E-state index contributed by atoms with van der Waals surface area (Å²) in [6, 6.07) is 0. The van der Waals surface area contributed by atoms with E-state index in [4.69, 9.17) is 0 Å². The van der Waals surface area contributed by atoms with Crippen molar-refractivity contribution in [2.75, 3.05) is 6.61 Å². The van der Waals surface area contributed by atoms with Crippen LogP contribution < -0.4 is 34.7 Å². The summed E-state index contributed by atoms with van der Waals surface area (Å²) in [5.74, 6) is 0.842. The zero-order valence-corrected chi connectivity index (χ0v) is 10.9. The molecule has 0 aliphatic rings. The molecule has 1 nitrogen and oxygen atoms in total. The maximum atomic E-state index is 10.1. The van der Waals surface area contributed by atoms with E-state index in [1.165, 1.54) is 25.7 Å². The van der Waals surface area contributed by atoms with Crippen molar-refractivity contribution >= 4 is 0 Å². The molecule has 0 aromatic heterocycles. The van der Waals surface area contributed by atoms with Crippen molar-refractivity contribution in [1.82, 2.24) is 0 Å². The number of hydrogen-bond donors (Lipinski definition) is 0. The molecular weight excluding hydrogens is 159 g/mol. The van der Waals surface area contributed by atoms with E-state index < -0.39 is 0 Å². The monoisotopic (exact) mass is 180 g/mol. The van der Waals surface area contributed by atoms with Crippen LogP contribution in [-0.2, 0) is 0 Å². The average Bonchev–Trinajstić information content (AvgIpc) is 1.96. The third-order valence-electron chi connectivity index (χ3n) is 1.93. The van der Waals surface area contributed by atoms with Gasteiger partial charge >= 0.3 is 29.6 Å². The summed E-state index contributed by atoms with van der Waals surface area (Å²) in [5, 5.41) is 10.1. The van der Waals surface area contributed by atoms with Crippen LogP contribution in [0.25, 0.3) is 0 Å². The van der Waals surface area contributed by atoms with Crippen LogP contribution in [0.3, 0.4) is 0 Å². The summed E-state index contributed by atoms with van der Waals surface area (Å²) in [6.45, 7) is 4.64. The summed E-state index contributed by atoms with van der Waals surface area (Å²) >= 11 is 0. The summed E-state index contributed by atoms with van der Waals surface area (Å²) < 4.78 is 0. The Morgan fingerprint density at radius 3 is 1.92 bits per heavy atom. The van der Waals surface area contributed by atoms with Gasteiger partial charge in [-0.3, -0.25) is 0 Å². The summed E-state index contributed by atoms with van der Waals surface area (Å²) in [7, 11) is 0. The van der Waals surface area contributed by atoms with Crippen LogP contribution in [0.5, 0.6) is 0 Å². The van der Waals surface area contributed by atoms with Crippen molar-refractivity contribution in [2.45, 2.75) is 52.4 Å². The van der Waals surface area contributed by atoms with Crippen LogP contribution in [0.2, 0.25) is 0 Å². The van der Waals surface area contributed by atoms with E-state index in [0.29, 0.717) is 0 Å². The van der Waals surface area contributed by atoms with Crippen molar-refractivity contribution in [2.24, 2.45) is 5.92 Å². The second kappa shape index (κ2) is 12.0. The number of unbranched alkanes of at least 4 members (excludes halogenated alkanes) is 4. The fourth-order valence-corrected chi connectivity index (χ4v) is 1.18. The van der Waals surface area contributed by atoms with Gasteiger partial charge in [-0.15, -0.1) is 6.61 Å². The first kappa shape index (κ1) is 15.4. The van der Waals surface area contributed by atoms with Gasteiger partial charge in [-0.05, 0) is 5.92 Å². The van der Waals surface area contributed by atoms with Crippen molar-refractivity contribution in [3.8, 4) is 0 Å². The second-order valence-electron chi connectivity index (χ2n) is 3.65. The molecule has 0 fully saturated rings. The molecule has 0 radical (unpaired) electrons. The Balaban J connectivity index is 0. The number of hydrogen-bond acceptors (Lipinski definition) is 1. The molecule has 2 heteroatoms. The predicted molar refractivity (Wildman–Crippen MR) is 47.4 cm³/mol. The maximum absolute atomic E-state index is 10.1. The van der Waals surface area contributed by atoms with E-state index in [1.807, 2.05) is 0 Å². The summed E-state index contributed by atoms with van der Waals surface area (Å²) in [5.41, 5.74) is 0. The Morgan fingerprint density at radius 2 is 1.42 bits per heavy atom. The molecule has 12 heavy (non-hydrogen) atoms. The average molecular weight is 180 g/mol. The van der Waals surface area contributed by atoms with Crippen LogP contribution in [0, 0.1) is 5.92 Å². The fraction of sp³-hybridized carbons (Fsp3) is 1.00. The van der Waals surface area contributed by atoms with Crippen LogP contribution in [0.4, 0.5) is 0 Å². The van der Waals surface area contributed by atoms with E-state index >= 15 is 0 Å². The van der Waals surface area contributed by atoms with Gasteiger partial charge in [0.2, 0.25) is 0 Å². The zero-order chi connectivity index (χ0) is 8.53. The van der Waals surface area contributed by atoms with Gasteiger partial charge < -0.3 is 5.11 Å². The first-order chi connectivity index (χ1) is 5.27. The molecule has 0 unspecified atom stereocenters. The smallest absolute Gasteiger partial charge is 0.854 e. The summed E-state index contributed by atoms with van der Waals surface area (Å²) in [4.78, 5) is 0. The molecule has 0 heterocycles. The molecule has 0 spiro atoms. The van der Waals surface area contributed by atoms with Crippen molar-refractivity contribution < 1.29 is 34.7 Å². The van der Waals surface area contributed by atoms with Gasteiger partial charge in [0.25, 0.3) is 0 Å². The van der Waals surface area contributed by atoms with Crippen molar-refractivity contribution in [3.63, 3.8) is 0 Å². The van der Waals surface area contributed by atoms with Gasteiger partial charge in [0.15, 0.2) is 0 Å². The van der Waals surface area contributed by atoms with Gasteiger partial charge in [-0.25, -0.2) is 0 Å². The van der Waals surface area contributed by atoms with Crippen LogP contribution >= 0.6 is 0 Å². The van der Waals surface area contributed by atoms with Gasteiger partial charge in [0.1, 0.15) is 0 Å². The van der Waals surface area contributed by atoms with E-state index in [1.54, 1.807) is 0 Å². The van der Waals surface area contributed by atoms with Crippen molar-refractivity contribution in [3.05, 3.63) is 0 Å². The Hall–Kier alpha value is 0.960. The Kier molecular flexibility index (Phi) is 15.4. The standard InChI is InChI=1S/C10H21O.Na/c1-10(2)8-6-4-3-5-7-9-11;/h10H,3-9H2,1-2H3;/q-1;+1. The zero-order valence-electron chi connectivity index (χ0n) is 8.94. The molecule has 0 N–H and O–H groups in total. The predicted octanol–water partition coefficient (Wildman–Crippen LogP) is -0.653. The van der Waals surface area contributed by atoms with Crippen LogP contribution in [-0.4, -0.2) is 6.61 Å². The summed E-state index contributed by atoms with van der Waals surface area (Å²) in [6.07, 6.45) is 7.28. The SMILES string of the molecule is CC(C)CCCCCCC[O-].[Na+]. The quantitative estimate of drug-likeness (QED) is 0.377. The second-order valence-corrected chi connectivity index (χ2v) is 3.65. The molecule has 0 aliphatic carbocycles. The molecule has 0 aromatic carbocycles. The maximum Gasteiger partial charge on any atom is 1.00 e. The van der Waals surface area contributed by atoms with E-state index in [2.05, 4.69) is 13.8 Å². The molecule has 68 valence electrons. The molecule has 0 aromatic rings. The molecule has 0 saturated carbocycles. The van der Waals surface area contributed by atoms with Gasteiger partial charge in [0, 0.05) is 0 Å². The Labute approximate surface area is 99.2 Å². The molecule has 0 rings (SSSR count). The molecule has 0 atom stereocenters. The van der Waals surface area contributed by atoms with Crippen LogP contribution in [0.15, 0.2) is 0 Å². The molecule has 0 bridgehead atoms. The molecule has 0 amide bonds. The normalized spacial score (nSPS) is 10.0. The van der Waals surface area contributed by atoms with Crippen LogP contribution in [0.1, 0.15) is 52.4 Å². The minimum Gasteiger partial charge on any atom is -0.854 e. The molecular formula is C10H21NaO. The minimum absolute atomic E-state index is 0.